The van der Waals surface area contributed by atoms with Gasteiger partial charge in [0, 0.05) is 6.42 Å². The molecule has 4 nitrogen and oxygen atoms in total. The van der Waals surface area contributed by atoms with Crippen LogP contribution in [-0.4, -0.2) is 29.5 Å². The van der Waals surface area contributed by atoms with Gasteiger partial charge in [0.2, 0.25) is 12.3 Å². The summed E-state index contributed by atoms with van der Waals surface area (Å²) in [4.78, 5) is 24.1. The second kappa shape index (κ2) is 7.73. The fraction of sp³-hybridized carbons (Fsp3) is 0.556. The van der Waals surface area contributed by atoms with Crippen molar-refractivity contribution in [3.8, 4) is 0 Å². The van der Waals surface area contributed by atoms with Gasteiger partial charge in [0.05, 0.1) is 5.41 Å². The quantitative estimate of drug-likeness (QED) is 0.834. The number of alkyl halides is 2. The Morgan fingerprint density at radius 2 is 1.92 bits per heavy atom. The molecule has 0 bridgehead atoms. The second-order valence-corrected chi connectivity index (χ2v) is 6.50. The van der Waals surface area contributed by atoms with Gasteiger partial charge < -0.3 is 10.4 Å². The van der Waals surface area contributed by atoms with Gasteiger partial charge in [-0.25, -0.2) is 13.6 Å². The third kappa shape index (κ3) is 4.10. The van der Waals surface area contributed by atoms with Crippen LogP contribution in [-0.2, 0) is 15.0 Å². The molecular formula is C18H23F2NO3. The zero-order valence-electron chi connectivity index (χ0n) is 13.7. The van der Waals surface area contributed by atoms with E-state index in [4.69, 9.17) is 5.11 Å². The third-order valence-corrected chi connectivity index (χ3v) is 4.73. The van der Waals surface area contributed by atoms with Crippen LogP contribution in [0.3, 0.4) is 0 Å². The summed E-state index contributed by atoms with van der Waals surface area (Å²) in [5.41, 5.74) is 1.01. The van der Waals surface area contributed by atoms with Gasteiger partial charge in [-0.2, -0.15) is 0 Å². The van der Waals surface area contributed by atoms with Crippen molar-refractivity contribution in [2.24, 2.45) is 0 Å². The Bertz CT molecular complexity index is 598. The summed E-state index contributed by atoms with van der Waals surface area (Å²) in [6, 6.07) is 6.01. The van der Waals surface area contributed by atoms with Crippen LogP contribution in [0.15, 0.2) is 24.3 Å². The van der Waals surface area contributed by atoms with Crippen molar-refractivity contribution >= 4 is 11.9 Å². The summed E-state index contributed by atoms with van der Waals surface area (Å²) in [6.45, 7) is 1.93. The standard InChI is InChI=1S/C18H23F2NO3/c1-12-6-5-7-13(10-12)18(8-3-2-4-9-18)17(24)21-14(16(22)23)11-15(19)20/h5-7,10,14-15H,2-4,8-9,11H2,1H3,(H,21,24)(H,22,23). The van der Waals surface area contributed by atoms with Crippen molar-refractivity contribution in [3.63, 3.8) is 0 Å². The Kier molecular flexibility index (Phi) is 5.91. The molecule has 0 radical (unpaired) electrons. The molecule has 0 heterocycles. The topological polar surface area (TPSA) is 66.4 Å². The summed E-state index contributed by atoms with van der Waals surface area (Å²) < 4.78 is 25.2. The smallest absolute Gasteiger partial charge is 0.326 e. The number of carboxylic acids is 1. The zero-order chi connectivity index (χ0) is 17.7. The summed E-state index contributed by atoms with van der Waals surface area (Å²) in [7, 11) is 0. The first-order valence-electron chi connectivity index (χ1n) is 8.24. The van der Waals surface area contributed by atoms with Crippen molar-refractivity contribution in [1.82, 2.24) is 5.32 Å². The predicted octanol–water partition coefficient (Wildman–Crippen LogP) is 3.42. The van der Waals surface area contributed by atoms with Gasteiger partial charge in [-0.1, -0.05) is 49.1 Å². The number of rotatable bonds is 6. The lowest BCUT2D eigenvalue weighted by atomic mass is 9.68. The first kappa shape index (κ1) is 18.4. The molecule has 1 aromatic rings. The van der Waals surface area contributed by atoms with E-state index < -0.39 is 36.2 Å². The number of carbonyl (C=O) groups is 2. The maximum Gasteiger partial charge on any atom is 0.326 e. The van der Waals surface area contributed by atoms with E-state index >= 15 is 0 Å². The number of carboxylic acid groups (broad SMARTS) is 1. The van der Waals surface area contributed by atoms with E-state index in [0.717, 1.165) is 30.4 Å². The molecule has 132 valence electrons. The number of halogens is 2. The largest absolute Gasteiger partial charge is 0.480 e. The van der Waals surface area contributed by atoms with Gasteiger partial charge in [-0.15, -0.1) is 0 Å². The molecule has 0 spiro atoms. The van der Waals surface area contributed by atoms with Gasteiger partial charge in [0.25, 0.3) is 0 Å². The number of benzene rings is 1. The molecule has 1 aromatic carbocycles. The molecule has 1 fully saturated rings. The second-order valence-electron chi connectivity index (χ2n) is 6.50. The van der Waals surface area contributed by atoms with Gasteiger partial charge in [-0.3, -0.25) is 4.79 Å². The van der Waals surface area contributed by atoms with Gasteiger partial charge in [0.15, 0.2) is 0 Å². The summed E-state index contributed by atoms with van der Waals surface area (Å²) in [5.74, 6) is -1.89. The Hall–Kier alpha value is -1.98. The van der Waals surface area contributed by atoms with E-state index in [2.05, 4.69) is 5.32 Å². The molecule has 1 amide bonds. The molecule has 0 saturated heterocycles. The first-order chi connectivity index (χ1) is 11.3. The lowest BCUT2D eigenvalue weighted by Gasteiger charge is -2.37. The fourth-order valence-corrected chi connectivity index (χ4v) is 3.44. The number of carbonyl (C=O) groups excluding carboxylic acids is 1. The average molecular weight is 339 g/mol. The van der Waals surface area contributed by atoms with Crippen LogP contribution in [0.25, 0.3) is 0 Å². The van der Waals surface area contributed by atoms with Crippen LogP contribution in [0.4, 0.5) is 8.78 Å². The maximum atomic E-state index is 12.9. The molecule has 1 atom stereocenters. The highest BCUT2D eigenvalue weighted by atomic mass is 19.3. The molecule has 24 heavy (non-hydrogen) atoms. The zero-order valence-corrected chi connectivity index (χ0v) is 13.7. The van der Waals surface area contributed by atoms with Crippen molar-refractivity contribution < 1.29 is 23.5 Å². The number of aliphatic carboxylic acids is 1. The molecule has 0 aromatic heterocycles. The molecule has 2 N–H and O–H groups in total. The fourth-order valence-electron chi connectivity index (χ4n) is 3.44. The monoisotopic (exact) mass is 339 g/mol. The lowest BCUT2D eigenvalue weighted by Crippen LogP contribution is -2.52. The van der Waals surface area contributed by atoms with E-state index in [1.807, 2.05) is 31.2 Å². The van der Waals surface area contributed by atoms with E-state index in [9.17, 15) is 18.4 Å². The van der Waals surface area contributed by atoms with E-state index in [0.29, 0.717) is 12.8 Å². The van der Waals surface area contributed by atoms with Crippen LogP contribution in [0.5, 0.6) is 0 Å². The Balaban J connectivity index is 2.30. The minimum absolute atomic E-state index is 0.458. The first-order valence-corrected chi connectivity index (χ1v) is 8.24. The van der Waals surface area contributed by atoms with Crippen molar-refractivity contribution in [2.75, 3.05) is 0 Å². The van der Waals surface area contributed by atoms with E-state index in [-0.39, 0.29) is 0 Å². The number of aryl methyl sites for hydroxylation is 1. The molecule has 0 aliphatic heterocycles. The summed E-state index contributed by atoms with van der Waals surface area (Å²) in [6.07, 6.45) is 0.257. The van der Waals surface area contributed by atoms with E-state index in [1.165, 1.54) is 0 Å². The summed E-state index contributed by atoms with van der Waals surface area (Å²) >= 11 is 0. The minimum atomic E-state index is -2.78. The third-order valence-electron chi connectivity index (χ3n) is 4.73. The van der Waals surface area contributed by atoms with Gasteiger partial charge >= 0.3 is 5.97 Å². The van der Waals surface area contributed by atoms with Crippen molar-refractivity contribution in [3.05, 3.63) is 35.4 Å². The van der Waals surface area contributed by atoms with Gasteiger partial charge in [0.1, 0.15) is 6.04 Å². The van der Waals surface area contributed by atoms with Crippen LogP contribution in [0.1, 0.15) is 49.7 Å². The normalized spacial score (nSPS) is 18.2. The lowest BCUT2D eigenvalue weighted by molar-refractivity contribution is -0.144. The highest BCUT2D eigenvalue weighted by Gasteiger charge is 2.42. The van der Waals surface area contributed by atoms with E-state index in [1.54, 1.807) is 0 Å². The molecule has 1 saturated carbocycles. The maximum absolute atomic E-state index is 12.9. The number of nitrogens with one attached hydrogen (secondary N) is 1. The number of amides is 1. The van der Waals surface area contributed by atoms with Gasteiger partial charge in [-0.05, 0) is 25.3 Å². The SMILES string of the molecule is Cc1cccc(C2(C(=O)NC(CC(F)F)C(=O)O)CCCCC2)c1. The van der Waals surface area contributed by atoms with Crippen molar-refractivity contribution in [1.29, 1.82) is 0 Å². The Morgan fingerprint density at radius 3 is 2.46 bits per heavy atom. The van der Waals surface area contributed by atoms with Crippen LogP contribution in [0, 0.1) is 6.92 Å². The number of hydrogen-bond acceptors (Lipinski definition) is 2. The van der Waals surface area contributed by atoms with Crippen LogP contribution in [0.2, 0.25) is 0 Å². The average Bonchev–Trinajstić information content (AvgIpc) is 2.54. The minimum Gasteiger partial charge on any atom is -0.480 e. The summed E-state index contributed by atoms with van der Waals surface area (Å²) in [5, 5.41) is 11.5. The highest BCUT2D eigenvalue weighted by Crippen LogP contribution is 2.40. The van der Waals surface area contributed by atoms with Crippen molar-refractivity contribution in [2.45, 2.75) is 63.3 Å². The molecular weight excluding hydrogens is 316 g/mol. The molecule has 2 rings (SSSR count). The Morgan fingerprint density at radius 1 is 1.25 bits per heavy atom. The molecule has 1 unspecified atom stereocenters. The molecule has 6 heteroatoms. The number of hydrogen-bond donors (Lipinski definition) is 2. The molecule has 1 aliphatic rings. The van der Waals surface area contributed by atoms with Crippen LogP contribution < -0.4 is 5.32 Å². The highest BCUT2D eigenvalue weighted by molar-refractivity contribution is 5.91. The van der Waals surface area contributed by atoms with Crippen LogP contribution >= 0.6 is 0 Å². The predicted molar refractivity (Wildman–Crippen MR) is 86.1 cm³/mol. The molecule has 1 aliphatic carbocycles. The Labute approximate surface area is 140 Å².